The van der Waals surface area contributed by atoms with E-state index in [0.29, 0.717) is 25.1 Å². The van der Waals surface area contributed by atoms with Crippen LogP contribution in [-0.2, 0) is 37.0 Å². The van der Waals surface area contributed by atoms with Crippen LogP contribution in [0.1, 0.15) is 34.9 Å². The molecule has 0 aliphatic carbocycles. The molecule has 7 heteroatoms. The van der Waals surface area contributed by atoms with Gasteiger partial charge in [0.15, 0.2) is 11.6 Å². The monoisotopic (exact) mass is 436 g/mol. The van der Waals surface area contributed by atoms with Gasteiger partial charge in [-0.25, -0.2) is 14.4 Å². The van der Waals surface area contributed by atoms with Crippen LogP contribution in [0.3, 0.4) is 0 Å². The Hall–Kier alpha value is -3.48. The maximum Gasteiger partial charge on any atom is 0.221 e. The Kier molecular flexibility index (Phi) is 7.76. The molecule has 0 bridgehead atoms. The molecule has 3 aromatic rings. The molecule has 0 spiro atoms. The normalized spacial score (nSPS) is 10.8. The number of ether oxygens (including phenoxy) is 1. The molecular formula is C25H29FN4O2. The number of anilines is 1. The molecule has 0 aliphatic heterocycles. The molecule has 0 atom stereocenters. The van der Waals surface area contributed by atoms with Crippen molar-refractivity contribution in [3.63, 3.8) is 0 Å². The molecule has 0 aliphatic rings. The van der Waals surface area contributed by atoms with Gasteiger partial charge in [0.25, 0.3) is 0 Å². The third kappa shape index (κ3) is 5.81. The number of halogens is 1. The van der Waals surface area contributed by atoms with Crippen molar-refractivity contribution in [1.82, 2.24) is 9.97 Å². The SMILES string of the molecule is CCc1ccc(CN(C)c2ncnc(CCc3ccc(CC(N)=O)cc3)c2F)c(OC)c1. The molecule has 0 unspecified atom stereocenters. The van der Waals surface area contributed by atoms with Crippen LogP contribution in [0.15, 0.2) is 48.8 Å². The van der Waals surface area contributed by atoms with E-state index in [2.05, 4.69) is 23.0 Å². The van der Waals surface area contributed by atoms with Crippen molar-refractivity contribution in [1.29, 1.82) is 0 Å². The molecule has 0 saturated heterocycles. The van der Waals surface area contributed by atoms with E-state index in [1.54, 1.807) is 19.1 Å². The number of methoxy groups -OCH3 is 1. The van der Waals surface area contributed by atoms with Crippen molar-refractivity contribution in [2.24, 2.45) is 5.73 Å². The summed E-state index contributed by atoms with van der Waals surface area (Å²) in [4.78, 5) is 21.1. The summed E-state index contributed by atoms with van der Waals surface area (Å²) in [5.74, 6) is 0.264. The number of primary amides is 1. The lowest BCUT2D eigenvalue weighted by atomic mass is 10.0. The van der Waals surface area contributed by atoms with E-state index >= 15 is 4.39 Å². The Balaban J connectivity index is 1.70. The molecule has 32 heavy (non-hydrogen) atoms. The van der Waals surface area contributed by atoms with Crippen LogP contribution < -0.4 is 15.4 Å². The number of hydrogen-bond donors (Lipinski definition) is 1. The molecule has 2 aromatic carbocycles. The minimum absolute atomic E-state index is 0.211. The lowest BCUT2D eigenvalue weighted by Crippen LogP contribution is -2.21. The fourth-order valence-electron chi connectivity index (χ4n) is 3.59. The van der Waals surface area contributed by atoms with Crippen molar-refractivity contribution < 1.29 is 13.9 Å². The van der Waals surface area contributed by atoms with Gasteiger partial charge in [-0.15, -0.1) is 0 Å². The Labute approximate surface area is 188 Å². The highest BCUT2D eigenvalue weighted by molar-refractivity contribution is 5.76. The van der Waals surface area contributed by atoms with Crippen LogP contribution >= 0.6 is 0 Å². The predicted molar refractivity (Wildman–Crippen MR) is 123 cm³/mol. The first-order valence-corrected chi connectivity index (χ1v) is 10.6. The Morgan fingerprint density at radius 3 is 2.41 bits per heavy atom. The number of nitrogens with two attached hydrogens (primary N) is 1. The number of aryl methyl sites for hydroxylation is 3. The third-order valence-corrected chi connectivity index (χ3v) is 5.42. The summed E-state index contributed by atoms with van der Waals surface area (Å²) in [5.41, 5.74) is 9.64. The van der Waals surface area contributed by atoms with Crippen LogP contribution in [0.25, 0.3) is 0 Å². The highest BCUT2D eigenvalue weighted by Crippen LogP contribution is 2.25. The van der Waals surface area contributed by atoms with Crippen molar-refractivity contribution in [3.8, 4) is 5.75 Å². The average molecular weight is 437 g/mol. The zero-order chi connectivity index (χ0) is 23.1. The standard InChI is InChI=1S/C25H29FN4O2/c1-4-17-9-11-20(22(13-17)32-3)15-30(2)25-24(26)21(28-16-29-25)12-10-18-5-7-19(8-6-18)14-23(27)31/h5-9,11,13,16H,4,10,12,14-15H2,1-3H3,(H2,27,31). The quantitative estimate of drug-likeness (QED) is 0.525. The maximum atomic E-state index is 15.2. The van der Waals surface area contributed by atoms with E-state index in [9.17, 15) is 4.79 Å². The molecule has 1 amide bonds. The first-order chi connectivity index (χ1) is 15.4. The molecule has 3 rings (SSSR count). The van der Waals surface area contributed by atoms with Gasteiger partial charge in [0.2, 0.25) is 5.91 Å². The topological polar surface area (TPSA) is 81.3 Å². The molecular weight excluding hydrogens is 407 g/mol. The second kappa shape index (κ2) is 10.7. The zero-order valence-electron chi connectivity index (χ0n) is 18.8. The largest absolute Gasteiger partial charge is 0.496 e. The van der Waals surface area contributed by atoms with Crippen LogP contribution in [0.2, 0.25) is 0 Å². The number of rotatable bonds is 10. The van der Waals surface area contributed by atoms with Crippen molar-refractivity contribution in [2.75, 3.05) is 19.1 Å². The second-order valence-corrected chi connectivity index (χ2v) is 7.77. The lowest BCUT2D eigenvalue weighted by Gasteiger charge is -2.21. The molecule has 1 aromatic heterocycles. The van der Waals surface area contributed by atoms with Crippen molar-refractivity contribution in [3.05, 3.63) is 82.6 Å². The van der Waals surface area contributed by atoms with Gasteiger partial charge in [-0.05, 0) is 42.0 Å². The number of nitrogens with zero attached hydrogens (tertiary/aromatic N) is 3. The summed E-state index contributed by atoms with van der Waals surface area (Å²) in [6.45, 7) is 2.55. The first-order valence-electron chi connectivity index (χ1n) is 10.6. The van der Waals surface area contributed by atoms with E-state index in [0.717, 1.165) is 28.9 Å². The Morgan fingerprint density at radius 1 is 1.06 bits per heavy atom. The van der Waals surface area contributed by atoms with Gasteiger partial charge >= 0.3 is 0 Å². The summed E-state index contributed by atoms with van der Waals surface area (Å²) in [6, 6.07) is 13.7. The van der Waals surface area contributed by atoms with Crippen LogP contribution in [0.5, 0.6) is 5.75 Å². The smallest absolute Gasteiger partial charge is 0.221 e. The van der Waals surface area contributed by atoms with Crippen LogP contribution in [0, 0.1) is 5.82 Å². The van der Waals surface area contributed by atoms with Gasteiger partial charge in [0, 0.05) is 19.2 Å². The molecule has 0 saturated carbocycles. The van der Waals surface area contributed by atoms with Crippen LogP contribution in [-0.4, -0.2) is 30.0 Å². The molecule has 168 valence electrons. The highest BCUT2D eigenvalue weighted by Gasteiger charge is 2.16. The van der Waals surface area contributed by atoms with Gasteiger partial charge in [-0.1, -0.05) is 43.3 Å². The minimum atomic E-state index is -0.413. The van der Waals surface area contributed by atoms with Gasteiger partial charge in [-0.2, -0.15) is 0 Å². The summed E-state index contributed by atoms with van der Waals surface area (Å²) >= 11 is 0. The number of amides is 1. The summed E-state index contributed by atoms with van der Waals surface area (Å²) in [6.07, 6.45) is 3.60. The van der Waals surface area contributed by atoms with E-state index in [-0.39, 0.29) is 18.1 Å². The average Bonchev–Trinajstić information content (AvgIpc) is 2.79. The van der Waals surface area contributed by atoms with Crippen LogP contribution in [0.4, 0.5) is 10.2 Å². The Bertz CT molecular complexity index is 1070. The first kappa shape index (κ1) is 23.2. The number of carbonyl (C=O) groups excluding carboxylic acids is 1. The van der Waals surface area contributed by atoms with Gasteiger partial charge < -0.3 is 15.4 Å². The number of aromatic nitrogens is 2. The third-order valence-electron chi connectivity index (χ3n) is 5.42. The summed E-state index contributed by atoms with van der Waals surface area (Å²) in [7, 11) is 3.45. The number of hydrogen-bond acceptors (Lipinski definition) is 5. The number of benzene rings is 2. The molecule has 0 radical (unpaired) electrons. The van der Waals surface area contributed by atoms with Crippen molar-refractivity contribution in [2.45, 2.75) is 39.2 Å². The maximum absolute atomic E-state index is 15.2. The highest BCUT2D eigenvalue weighted by atomic mass is 19.1. The molecule has 1 heterocycles. The molecule has 0 fully saturated rings. The van der Waals surface area contributed by atoms with Gasteiger partial charge in [0.1, 0.15) is 12.1 Å². The summed E-state index contributed by atoms with van der Waals surface area (Å²) in [5, 5.41) is 0. The Morgan fingerprint density at radius 2 is 1.75 bits per heavy atom. The fraction of sp³-hybridized carbons (Fsp3) is 0.320. The predicted octanol–water partition coefficient (Wildman–Crippen LogP) is 3.64. The second-order valence-electron chi connectivity index (χ2n) is 7.77. The lowest BCUT2D eigenvalue weighted by molar-refractivity contribution is -0.117. The fourth-order valence-corrected chi connectivity index (χ4v) is 3.59. The van der Waals surface area contributed by atoms with E-state index < -0.39 is 5.82 Å². The van der Waals surface area contributed by atoms with Gasteiger partial charge in [-0.3, -0.25) is 4.79 Å². The number of carbonyl (C=O) groups is 1. The zero-order valence-corrected chi connectivity index (χ0v) is 18.8. The van der Waals surface area contributed by atoms with Gasteiger partial charge in [0.05, 0.1) is 19.2 Å². The van der Waals surface area contributed by atoms with E-state index in [1.807, 2.05) is 36.4 Å². The summed E-state index contributed by atoms with van der Waals surface area (Å²) < 4.78 is 20.7. The van der Waals surface area contributed by atoms with E-state index in [4.69, 9.17) is 10.5 Å². The molecule has 6 nitrogen and oxygen atoms in total. The minimum Gasteiger partial charge on any atom is -0.496 e. The van der Waals surface area contributed by atoms with E-state index in [1.165, 1.54) is 11.9 Å². The van der Waals surface area contributed by atoms with Crippen molar-refractivity contribution >= 4 is 11.7 Å². The molecule has 2 N–H and O–H groups in total.